The topological polar surface area (TPSA) is 73.6 Å². The Kier molecular flexibility index (Phi) is 4.66. The van der Waals surface area contributed by atoms with Crippen molar-refractivity contribution in [3.8, 4) is 17.2 Å². The number of carbonyl (C=O) groups excluding carboxylic acids is 1. The second-order valence-corrected chi connectivity index (χ2v) is 4.34. The number of hydrogen-bond donors (Lipinski definition) is 2. The Labute approximate surface area is 123 Å². The summed E-state index contributed by atoms with van der Waals surface area (Å²) >= 11 is 0. The molecule has 110 valence electrons. The Hall–Kier alpha value is -2.69. The number of carbonyl (C=O) groups is 1. The Morgan fingerprint density at radius 2 is 1.81 bits per heavy atom. The molecule has 0 aliphatic heterocycles. The molecule has 0 unspecified atom stereocenters. The van der Waals surface area contributed by atoms with Gasteiger partial charge in [0.05, 0.1) is 12.3 Å². The van der Waals surface area contributed by atoms with Crippen molar-refractivity contribution in [3.05, 3.63) is 48.0 Å². The standard InChI is InChI=1S/C16H18N2O3/c1-3-20-12-5-7-13(8-6-12)21-15-9-4-11(10-14(15)17)16(19)18-2/h4-10H,3,17H2,1-2H3,(H,18,19). The fraction of sp³-hybridized carbons (Fsp3) is 0.188. The summed E-state index contributed by atoms with van der Waals surface area (Å²) in [5.74, 6) is 1.76. The van der Waals surface area contributed by atoms with E-state index in [2.05, 4.69) is 5.32 Å². The van der Waals surface area contributed by atoms with Crippen LogP contribution in [0.1, 0.15) is 17.3 Å². The van der Waals surface area contributed by atoms with Crippen LogP contribution in [0.15, 0.2) is 42.5 Å². The van der Waals surface area contributed by atoms with E-state index >= 15 is 0 Å². The predicted octanol–water partition coefficient (Wildman–Crippen LogP) is 2.82. The van der Waals surface area contributed by atoms with Gasteiger partial charge in [0.25, 0.3) is 5.91 Å². The predicted molar refractivity (Wildman–Crippen MR) is 81.9 cm³/mol. The molecule has 2 aromatic rings. The van der Waals surface area contributed by atoms with Crippen LogP contribution < -0.4 is 20.5 Å². The molecule has 0 atom stereocenters. The van der Waals surface area contributed by atoms with Gasteiger partial charge in [0.15, 0.2) is 0 Å². The summed E-state index contributed by atoms with van der Waals surface area (Å²) in [5, 5.41) is 2.55. The van der Waals surface area contributed by atoms with Crippen molar-refractivity contribution in [2.45, 2.75) is 6.92 Å². The number of hydrogen-bond acceptors (Lipinski definition) is 4. The first kappa shape index (κ1) is 14.7. The minimum absolute atomic E-state index is 0.186. The van der Waals surface area contributed by atoms with Gasteiger partial charge in [-0.25, -0.2) is 0 Å². The Balaban J connectivity index is 2.14. The van der Waals surface area contributed by atoms with Gasteiger partial charge in [0.2, 0.25) is 0 Å². The van der Waals surface area contributed by atoms with Crippen molar-refractivity contribution in [2.75, 3.05) is 19.4 Å². The largest absolute Gasteiger partial charge is 0.494 e. The molecule has 3 N–H and O–H groups in total. The van der Waals surface area contributed by atoms with Gasteiger partial charge in [-0.2, -0.15) is 0 Å². The van der Waals surface area contributed by atoms with Gasteiger partial charge in [-0.05, 0) is 49.4 Å². The molecular weight excluding hydrogens is 268 g/mol. The summed E-state index contributed by atoms with van der Waals surface area (Å²) < 4.78 is 11.1. The molecule has 1 amide bonds. The van der Waals surface area contributed by atoms with E-state index in [9.17, 15) is 4.79 Å². The third kappa shape index (κ3) is 3.66. The quantitative estimate of drug-likeness (QED) is 0.829. The molecule has 0 aliphatic rings. The molecule has 2 rings (SSSR count). The SMILES string of the molecule is CCOc1ccc(Oc2ccc(C(=O)NC)cc2N)cc1. The van der Waals surface area contributed by atoms with Crippen LogP contribution in [0.3, 0.4) is 0 Å². The molecule has 0 radical (unpaired) electrons. The van der Waals surface area contributed by atoms with Crippen LogP contribution in [0.25, 0.3) is 0 Å². The number of nitrogen functional groups attached to an aromatic ring is 1. The molecule has 21 heavy (non-hydrogen) atoms. The molecule has 0 saturated carbocycles. The number of anilines is 1. The van der Waals surface area contributed by atoms with Gasteiger partial charge >= 0.3 is 0 Å². The number of benzene rings is 2. The molecule has 0 heterocycles. The molecule has 0 aromatic heterocycles. The maximum atomic E-state index is 11.5. The van der Waals surface area contributed by atoms with Crippen LogP contribution in [0.4, 0.5) is 5.69 Å². The van der Waals surface area contributed by atoms with Crippen molar-refractivity contribution in [2.24, 2.45) is 0 Å². The zero-order valence-electron chi connectivity index (χ0n) is 12.1. The molecule has 0 spiro atoms. The van der Waals surface area contributed by atoms with Crippen molar-refractivity contribution in [1.82, 2.24) is 5.32 Å². The van der Waals surface area contributed by atoms with Crippen LogP contribution in [0, 0.1) is 0 Å². The summed E-state index contributed by atoms with van der Waals surface area (Å²) in [6, 6.07) is 12.2. The highest BCUT2D eigenvalue weighted by atomic mass is 16.5. The highest BCUT2D eigenvalue weighted by molar-refractivity contribution is 5.95. The second kappa shape index (κ2) is 6.65. The molecule has 2 aromatic carbocycles. The smallest absolute Gasteiger partial charge is 0.251 e. The zero-order valence-corrected chi connectivity index (χ0v) is 12.1. The average molecular weight is 286 g/mol. The van der Waals surface area contributed by atoms with Crippen molar-refractivity contribution < 1.29 is 14.3 Å². The highest BCUT2D eigenvalue weighted by Gasteiger charge is 2.08. The lowest BCUT2D eigenvalue weighted by molar-refractivity contribution is 0.0963. The van der Waals surface area contributed by atoms with E-state index in [0.29, 0.717) is 29.4 Å². The number of rotatable bonds is 5. The number of amides is 1. The Bertz CT molecular complexity index is 624. The Morgan fingerprint density at radius 3 is 2.38 bits per heavy atom. The highest BCUT2D eigenvalue weighted by Crippen LogP contribution is 2.29. The first-order valence-corrected chi connectivity index (χ1v) is 6.66. The van der Waals surface area contributed by atoms with Gasteiger partial charge in [-0.15, -0.1) is 0 Å². The first-order chi connectivity index (χ1) is 10.1. The summed E-state index contributed by atoms with van der Waals surface area (Å²) in [6.07, 6.45) is 0. The summed E-state index contributed by atoms with van der Waals surface area (Å²) in [6.45, 7) is 2.55. The lowest BCUT2D eigenvalue weighted by Crippen LogP contribution is -2.17. The lowest BCUT2D eigenvalue weighted by atomic mass is 10.2. The van der Waals surface area contributed by atoms with Crippen molar-refractivity contribution in [1.29, 1.82) is 0 Å². The monoisotopic (exact) mass is 286 g/mol. The molecule has 0 fully saturated rings. The van der Waals surface area contributed by atoms with Gasteiger partial charge in [-0.3, -0.25) is 4.79 Å². The summed E-state index contributed by atoms with van der Waals surface area (Å²) in [5.41, 5.74) is 6.81. The maximum Gasteiger partial charge on any atom is 0.251 e. The molecule has 0 aliphatic carbocycles. The van der Waals surface area contributed by atoms with E-state index in [-0.39, 0.29) is 5.91 Å². The van der Waals surface area contributed by atoms with Gasteiger partial charge < -0.3 is 20.5 Å². The van der Waals surface area contributed by atoms with Crippen LogP contribution in [-0.2, 0) is 0 Å². The van der Waals surface area contributed by atoms with E-state index in [4.69, 9.17) is 15.2 Å². The Morgan fingerprint density at radius 1 is 1.14 bits per heavy atom. The van der Waals surface area contributed by atoms with Crippen molar-refractivity contribution >= 4 is 11.6 Å². The van der Waals surface area contributed by atoms with Crippen molar-refractivity contribution in [3.63, 3.8) is 0 Å². The minimum Gasteiger partial charge on any atom is -0.494 e. The van der Waals surface area contributed by atoms with Crippen LogP contribution in [-0.4, -0.2) is 19.6 Å². The van der Waals surface area contributed by atoms with Crippen LogP contribution >= 0.6 is 0 Å². The zero-order chi connectivity index (χ0) is 15.2. The van der Waals surface area contributed by atoms with Gasteiger partial charge in [0.1, 0.15) is 17.2 Å². The van der Waals surface area contributed by atoms with Gasteiger partial charge in [0, 0.05) is 12.6 Å². The maximum absolute atomic E-state index is 11.5. The fourth-order valence-electron chi connectivity index (χ4n) is 1.82. The third-order valence-electron chi connectivity index (χ3n) is 2.86. The summed E-state index contributed by atoms with van der Waals surface area (Å²) in [4.78, 5) is 11.5. The average Bonchev–Trinajstić information content (AvgIpc) is 2.50. The van der Waals surface area contributed by atoms with E-state index in [1.807, 2.05) is 19.1 Å². The van der Waals surface area contributed by atoms with E-state index in [1.54, 1.807) is 37.4 Å². The molecule has 5 heteroatoms. The van der Waals surface area contributed by atoms with E-state index in [1.165, 1.54) is 0 Å². The molecule has 0 bridgehead atoms. The van der Waals surface area contributed by atoms with Crippen LogP contribution in [0.5, 0.6) is 17.2 Å². The summed E-state index contributed by atoms with van der Waals surface area (Å²) in [7, 11) is 1.57. The van der Waals surface area contributed by atoms with E-state index in [0.717, 1.165) is 5.75 Å². The fourth-order valence-corrected chi connectivity index (χ4v) is 1.82. The molecule has 5 nitrogen and oxygen atoms in total. The lowest BCUT2D eigenvalue weighted by Gasteiger charge is -2.10. The molecular formula is C16H18N2O3. The first-order valence-electron chi connectivity index (χ1n) is 6.66. The number of ether oxygens (including phenoxy) is 2. The number of nitrogens with two attached hydrogens (primary N) is 1. The third-order valence-corrected chi connectivity index (χ3v) is 2.86. The van der Waals surface area contributed by atoms with Crippen LogP contribution in [0.2, 0.25) is 0 Å². The van der Waals surface area contributed by atoms with E-state index < -0.39 is 0 Å². The van der Waals surface area contributed by atoms with Gasteiger partial charge in [-0.1, -0.05) is 0 Å². The molecule has 0 saturated heterocycles. The normalized spacial score (nSPS) is 10.0. The minimum atomic E-state index is -0.186. The number of nitrogens with one attached hydrogen (secondary N) is 1. The second-order valence-electron chi connectivity index (χ2n) is 4.34.